The van der Waals surface area contributed by atoms with Crippen LogP contribution >= 0.6 is 0 Å². The maximum Gasteiger partial charge on any atom is 0.336 e. The number of esters is 1. The average Bonchev–Trinajstić information content (AvgIpc) is 4.09. The van der Waals surface area contributed by atoms with Gasteiger partial charge >= 0.3 is 5.97 Å². The summed E-state index contributed by atoms with van der Waals surface area (Å²) >= 11 is 0. The standard InChI is InChI=1S/C49H33N5O2/c1-50-43(49(55)56-2)30-35-29-42-46(33-19-11-5-12-20-33)40-26-25-38(52-40)44(31-15-7-3-8-16-31)36-23-24-37(51-36)45(32-17-9-4-10-18-32)39-27-28-41(53-39)47(48(35)54-42)34-21-13-6-14-22-34/h3-30,51,54H,2H3/b43-30-,44-36?,44-38?,45-37?,45-39?,46-40?,46-42?,47-41?,48-47?. The second-order valence-corrected chi connectivity index (χ2v) is 13.3. The fourth-order valence-corrected chi connectivity index (χ4v) is 7.45. The normalized spacial score (nSPS) is 12.0. The van der Waals surface area contributed by atoms with E-state index in [1.54, 1.807) is 6.08 Å². The number of rotatable bonds is 6. The first-order valence-electron chi connectivity index (χ1n) is 18.2. The van der Waals surface area contributed by atoms with E-state index in [0.29, 0.717) is 11.1 Å². The van der Waals surface area contributed by atoms with Crippen LogP contribution in [0.2, 0.25) is 0 Å². The summed E-state index contributed by atoms with van der Waals surface area (Å²) in [6, 6.07) is 46.9. The number of benzene rings is 4. The summed E-state index contributed by atoms with van der Waals surface area (Å²) in [5.41, 5.74) is 14.3. The molecule has 0 amide bonds. The van der Waals surface area contributed by atoms with Crippen LogP contribution in [0.4, 0.5) is 0 Å². The maximum absolute atomic E-state index is 12.9. The third-order valence-electron chi connectivity index (χ3n) is 9.95. The molecule has 4 aromatic carbocycles. The quantitative estimate of drug-likeness (QED) is 0.102. The molecule has 7 nitrogen and oxygen atoms in total. The van der Waals surface area contributed by atoms with E-state index in [1.807, 2.05) is 109 Å². The van der Waals surface area contributed by atoms with E-state index in [2.05, 4.69) is 69.4 Å². The summed E-state index contributed by atoms with van der Waals surface area (Å²) in [5, 5.41) is 0. The van der Waals surface area contributed by atoms with Gasteiger partial charge in [-0.2, -0.15) is 0 Å². The SMILES string of the molecule is [C-]#[N+]/C(=C\c1cc2[nH]c1c(-c1ccccc1)c1nc(c(-c3ccccc3)c3ccc([nH]3)c(-c3ccccc3)c3nc(c2-c2ccccc2)C=C3)C=C1)C(=O)OC. The van der Waals surface area contributed by atoms with E-state index in [4.69, 9.17) is 21.3 Å². The molecule has 0 atom stereocenters. The summed E-state index contributed by atoms with van der Waals surface area (Å²) in [6.07, 6.45) is 9.77. The van der Waals surface area contributed by atoms with E-state index < -0.39 is 5.97 Å². The van der Waals surface area contributed by atoms with Crippen LogP contribution in [0.1, 0.15) is 28.3 Å². The molecule has 266 valence electrons. The van der Waals surface area contributed by atoms with Crippen molar-refractivity contribution < 1.29 is 9.53 Å². The molecule has 2 N–H and O–H groups in total. The van der Waals surface area contributed by atoms with Crippen molar-refractivity contribution in [3.05, 3.63) is 185 Å². The highest BCUT2D eigenvalue weighted by atomic mass is 16.5. The Labute approximate surface area is 323 Å². The Morgan fingerprint density at radius 3 is 1.36 bits per heavy atom. The molecule has 0 radical (unpaired) electrons. The van der Waals surface area contributed by atoms with E-state index in [9.17, 15) is 4.79 Å². The van der Waals surface area contributed by atoms with Crippen LogP contribution < -0.4 is 0 Å². The first-order chi connectivity index (χ1) is 27.6. The number of hydrogen-bond donors (Lipinski definition) is 2. The van der Waals surface area contributed by atoms with Crippen LogP contribution in [-0.2, 0) is 9.53 Å². The van der Waals surface area contributed by atoms with Crippen LogP contribution in [0, 0.1) is 6.57 Å². The van der Waals surface area contributed by atoms with Crippen molar-refractivity contribution in [2.45, 2.75) is 0 Å². The number of hydrogen-bond acceptors (Lipinski definition) is 4. The lowest BCUT2D eigenvalue weighted by atomic mass is 10.0. The van der Waals surface area contributed by atoms with Gasteiger partial charge in [-0.15, -0.1) is 0 Å². The van der Waals surface area contributed by atoms with Crippen molar-refractivity contribution in [1.29, 1.82) is 0 Å². The van der Waals surface area contributed by atoms with Gasteiger partial charge in [0.05, 0.1) is 42.0 Å². The van der Waals surface area contributed by atoms with Crippen molar-refractivity contribution in [3.63, 3.8) is 0 Å². The van der Waals surface area contributed by atoms with E-state index in [0.717, 1.165) is 83.8 Å². The molecular formula is C49H33N5O2. The molecule has 2 aliphatic heterocycles. The molecule has 8 bridgehead atoms. The zero-order chi connectivity index (χ0) is 38.0. The summed E-state index contributed by atoms with van der Waals surface area (Å²) in [4.78, 5) is 34.7. The van der Waals surface area contributed by atoms with Gasteiger partial charge in [-0.3, -0.25) is 4.79 Å². The smallest absolute Gasteiger partial charge is 0.336 e. The highest BCUT2D eigenvalue weighted by molar-refractivity contribution is 6.04. The Hall–Kier alpha value is -7.82. The molecule has 56 heavy (non-hydrogen) atoms. The Morgan fingerprint density at radius 2 is 0.946 bits per heavy atom. The Balaban J connectivity index is 1.53. The minimum atomic E-state index is -0.715. The molecular weight excluding hydrogens is 691 g/mol. The van der Waals surface area contributed by atoms with Crippen molar-refractivity contribution in [2.24, 2.45) is 0 Å². The predicted molar refractivity (Wildman–Crippen MR) is 227 cm³/mol. The Morgan fingerprint density at radius 1 is 0.554 bits per heavy atom. The van der Waals surface area contributed by atoms with Gasteiger partial charge in [-0.1, -0.05) is 121 Å². The van der Waals surface area contributed by atoms with Gasteiger partial charge in [0, 0.05) is 38.8 Å². The monoisotopic (exact) mass is 723 g/mol. The minimum absolute atomic E-state index is 0.146. The van der Waals surface area contributed by atoms with Gasteiger partial charge in [0.25, 0.3) is 5.70 Å². The van der Waals surface area contributed by atoms with Gasteiger partial charge < -0.3 is 14.7 Å². The molecule has 3 aromatic heterocycles. The van der Waals surface area contributed by atoms with Crippen LogP contribution in [0.5, 0.6) is 0 Å². The predicted octanol–water partition coefficient (Wildman–Crippen LogP) is 11.8. The van der Waals surface area contributed by atoms with Gasteiger partial charge in [-0.25, -0.2) is 14.8 Å². The molecule has 0 saturated heterocycles. The third kappa shape index (κ3) is 6.21. The number of nitrogens with zero attached hydrogens (tertiary/aromatic N) is 3. The lowest BCUT2D eigenvalue weighted by Gasteiger charge is -2.07. The highest BCUT2D eigenvalue weighted by Crippen LogP contribution is 2.39. The van der Waals surface area contributed by atoms with E-state index >= 15 is 0 Å². The largest absolute Gasteiger partial charge is 0.474 e. The van der Waals surface area contributed by atoms with Crippen LogP contribution in [0.3, 0.4) is 0 Å². The summed E-state index contributed by atoms with van der Waals surface area (Å²) in [6.45, 7) is 7.91. The van der Waals surface area contributed by atoms with Gasteiger partial charge in [-0.05, 0) is 76.4 Å². The van der Waals surface area contributed by atoms with Gasteiger partial charge in [0.2, 0.25) is 0 Å². The summed E-state index contributed by atoms with van der Waals surface area (Å²) in [7, 11) is 1.28. The molecule has 0 unspecified atom stereocenters. The van der Waals surface area contributed by atoms with Crippen molar-refractivity contribution in [3.8, 4) is 44.5 Å². The zero-order valence-electron chi connectivity index (χ0n) is 30.3. The van der Waals surface area contributed by atoms with Gasteiger partial charge in [0.15, 0.2) is 0 Å². The average molecular weight is 724 g/mol. The topological polar surface area (TPSA) is 88.0 Å². The number of aromatic amines is 2. The molecule has 0 spiro atoms. The Bertz CT molecular complexity index is 2950. The molecule has 7 heteroatoms. The number of nitrogens with one attached hydrogen (secondary N) is 2. The number of methoxy groups -OCH3 is 1. The minimum Gasteiger partial charge on any atom is -0.474 e. The third-order valence-corrected chi connectivity index (χ3v) is 9.95. The second-order valence-electron chi connectivity index (χ2n) is 13.3. The van der Waals surface area contributed by atoms with Crippen molar-refractivity contribution in [2.75, 3.05) is 7.11 Å². The van der Waals surface area contributed by atoms with Gasteiger partial charge in [0.1, 0.15) is 0 Å². The van der Waals surface area contributed by atoms with Crippen LogP contribution in [-0.4, -0.2) is 33.0 Å². The summed E-state index contributed by atoms with van der Waals surface area (Å²) < 4.78 is 5.03. The second kappa shape index (κ2) is 14.5. The fourth-order valence-electron chi connectivity index (χ4n) is 7.45. The van der Waals surface area contributed by atoms with Crippen molar-refractivity contribution in [1.82, 2.24) is 19.9 Å². The highest BCUT2D eigenvalue weighted by Gasteiger charge is 2.21. The molecule has 0 saturated carbocycles. The molecule has 0 fully saturated rings. The van der Waals surface area contributed by atoms with Crippen molar-refractivity contribution >= 4 is 58.4 Å². The number of aromatic nitrogens is 4. The lowest BCUT2D eigenvalue weighted by Crippen LogP contribution is -2.01. The number of fused-ring (bicyclic) bond motifs is 8. The lowest BCUT2D eigenvalue weighted by molar-refractivity contribution is -0.135. The van der Waals surface area contributed by atoms with Crippen LogP contribution in [0.25, 0.3) is 102 Å². The first-order valence-corrected chi connectivity index (χ1v) is 18.2. The van der Waals surface area contributed by atoms with E-state index in [-0.39, 0.29) is 5.70 Å². The fraction of sp³-hybridized carbons (Fsp3) is 0.0204. The maximum atomic E-state index is 12.9. The van der Waals surface area contributed by atoms with Crippen LogP contribution in [0.15, 0.2) is 145 Å². The molecule has 0 aliphatic carbocycles. The number of carbonyl (C=O) groups is 1. The Kier molecular flexibility index (Phi) is 8.82. The number of H-pyrrole nitrogens is 2. The van der Waals surface area contributed by atoms with E-state index in [1.165, 1.54) is 7.11 Å². The molecule has 9 rings (SSSR count). The zero-order valence-corrected chi connectivity index (χ0v) is 30.3. The molecule has 5 heterocycles. The number of carbonyl (C=O) groups excluding carboxylic acids is 1. The number of ether oxygens (including phenoxy) is 1. The summed E-state index contributed by atoms with van der Waals surface area (Å²) in [5.74, 6) is -0.715. The first kappa shape index (κ1) is 34.0. The molecule has 2 aliphatic rings. The molecule has 7 aromatic rings.